The van der Waals surface area contributed by atoms with E-state index in [0.717, 1.165) is 34.3 Å². The van der Waals surface area contributed by atoms with Gasteiger partial charge in [-0.3, -0.25) is 9.69 Å². The van der Waals surface area contributed by atoms with E-state index < -0.39 is 5.97 Å². The van der Waals surface area contributed by atoms with Crippen LogP contribution in [-0.4, -0.2) is 40.1 Å². The van der Waals surface area contributed by atoms with Gasteiger partial charge in [-0.15, -0.1) is 0 Å². The maximum Gasteiger partial charge on any atom is 0.337 e. The van der Waals surface area contributed by atoms with E-state index in [-0.39, 0.29) is 5.91 Å². The van der Waals surface area contributed by atoms with Gasteiger partial charge in [-0.05, 0) is 55.7 Å². The number of rotatable bonds is 7. The number of ether oxygens (including phenoxy) is 1. The van der Waals surface area contributed by atoms with Crippen molar-refractivity contribution < 1.29 is 14.3 Å². The predicted molar refractivity (Wildman–Crippen MR) is 125 cm³/mol. The van der Waals surface area contributed by atoms with E-state index in [4.69, 9.17) is 9.72 Å². The van der Waals surface area contributed by atoms with Crippen LogP contribution >= 0.6 is 11.3 Å². The number of hydrogen-bond acceptors (Lipinski definition) is 6. The fourth-order valence-electron chi connectivity index (χ4n) is 3.50. The lowest BCUT2D eigenvalue weighted by atomic mass is 10.1. The molecule has 0 unspecified atom stereocenters. The second-order valence-corrected chi connectivity index (χ2v) is 8.53. The van der Waals surface area contributed by atoms with E-state index in [0.29, 0.717) is 22.8 Å². The molecular formula is C24H24N4O3S. The number of carbonyl (C=O) groups excluding carboxylic acids is 2. The van der Waals surface area contributed by atoms with E-state index in [1.54, 1.807) is 41.7 Å². The molecule has 2 aromatic heterocycles. The highest BCUT2D eigenvalue weighted by molar-refractivity contribution is 7.22. The molecule has 0 fully saturated rings. The predicted octanol–water partition coefficient (Wildman–Crippen LogP) is 4.63. The maximum atomic E-state index is 13.5. The lowest BCUT2D eigenvalue weighted by Gasteiger charge is -2.20. The summed E-state index contributed by atoms with van der Waals surface area (Å²) in [5.74, 6) is -0.584. The molecule has 0 N–H and O–H groups in total. The Morgan fingerprint density at radius 3 is 2.44 bits per heavy atom. The number of methoxy groups -OCH3 is 1. The lowest BCUT2D eigenvalue weighted by Crippen LogP contribution is -2.32. The molecule has 0 aliphatic carbocycles. The number of aryl methyl sites for hydroxylation is 3. The number of imidazole rings is 1. The van der Waals surface area contributed by atoms with E-state index in [1.807, 2.05) is 17.7 Å². The second kappa shape index (κ2) is 9.32. The topological polar surface area (TPSA) is 77.3 Å². The molecule has 8 heteroatoms. The molecule has 0 spiro atoms. The number of fused-ring (bicyclic) bond motifs is 1. The Bertz CT molecular complexity index is 1210. The molecule has 0 aliphatic heterocycles. The van der Waals surface area contributed by atoms with Gasteiger partial charge in [0.1, 0.15) is 0 Å². The number of thiazole rings is 1. The lowest BCUT2D eigenvalue weighted by molar-refractivity contribution is 0.0600. The Hall–Kier alpha value is -3.52. The fourth-order valence-corrected chi connectivity index (χ4v) is 4.64. The van der Waals surface area contributed by atoms with Crippen LogP contribution in [0.25, 0.3) is 10.2 Å². The summed E-state index contributed by atoms with van der Waals surface area (Å²) in [6.07, 6.45) is 6.16. The van der Waals surface area contributed by atoms with Crippen molar-refractivity contribution >= 4 is 38.6 Å². The number of carbonyl (C=O) groups is 2. The summed E-state index contributed by atoms with van der Waals surface area (Å²) in [5, 5.41) is 0.671. The number of hydrogen-bond donors (Lipinski definition) is 0. The Morgan fingerprint density at radius 2 is 1.78 bits per heavy atom. The van der Waals surface area contributed by atoms with Crippen molar-refractivity contribution in [2.45, 2.75) is 26.8 Å². The van der Waals surface area contributed by atoms with Gasteiger partial charge in [-0.1, -0.05) is 23.5 Å². The van der Waals surface area contributed by atoms with Gasteiger partial charge in [0.15, 0.2) is 5.13 Å². The summed E-state index contributed by atoms with van der Waals surface area (Å²) in [5.41, 5.74) is 4.05. The molecule has 0 bridgehead atoms. The summed E-state index contributed by atoms with van der Waals surface area (Å²) in [4.78, 5) is 35.9. The normalized spacial score (nSPS) is 11.0. The Morgan fingerprint density at radius 1 is 1.06 bits per heavy atom. The average Bonchev–Trinajstić information content (AvgIpc) is 3.49. The zero-order valence-corrected chi connectivity index (χ0v) is 19.1. The molecule has 4 rings (SSSR count). The molecule has 0 aliphatic rings. The molecule has 0 saturated heterocycles. The van der Waals surface area contributed by atoms with Crippen LogP contribution in [0.2, 0.25) is 0 Å². The number of esters is 1. The third-order valence-corrected chi connectivity index (χ3v) is 6.53. The van der Waals surface area contributed by atoms with E-state index in [2.05, 4.69) is 24.0 Å². The largest absolute Gasteiger partial charge is 0.465 e. The third kappa shape index (κ3) is 4.40. The molecule has 164 valence electrons. The van der Waals surface area contributed by atoms with Crippen LogP contribution in [0.1, 0.15) is 38.3 Å². The molecule has 2 aromatic carbocycles. The molecule has 0 atom stereocenters. The molecule has 4 aromatic rings. The van der Waals surface area contributed by atoms with Crippen molar-refractivity contribution in [3.05, 3.63) is 77.4 Å². The highest BCUT2D eigenvalue weighted by Crippen LogP contribution is 2.33. The van der Waals surface area contributed by atoms with E-state index >= 15 is 0 Å². The van der Waals surface area contributed by atoms with Crippen LogP contribution in [0.15, 0.2) is 55.1 Å². The van der Waals surface area contributed by atoms with Crippen LogP contribution in [-0.2, 0) is 11.3 Å². The summed E-state index contributed by atoms with van der Waals surface area (Å²) in [6.45, 7) is 5.34. The summed E-state index contributed by atoms with van der Waals surface area (Å²) in [7, 11) is 1.33. The number of anilines is 1. The summed E-state index contributed by atoms with van der Waals surface area (Å²) in [6, 6.07) is 10.7. The first-order valence-electron chi connectivity index (χ1n) is 10.3. The molecule has 0 saturated carbocycles. The summed E-state index contributed by atoms with van der Waals surface area (Å²) < 4.78 is 7.83. The van der Waals surface area contributed by atoms with Gasteiger partial charge < -0.3 is 9.30 Å². The van der Waals surface area contributed by atoms with Crippen LogP contribution in [0.4, 0.5) is 5.13 Å². The van der Waals surface area contributed by atoms with Crippen LogP contribution in [0, 0.1) is 13.8 Å². The Kier molecular flexibility index (Phi) is 6.32. The molecule has 0 radical (unpaired) electrons. The first-order valence-corrected chi connectivity index (χ1v) is 11.1. The van der Waals surface area contributed by atoms with E-state index in [9.17, 15) is 9.59 Å². The van der Waals surface area contributed by atoms with Crippen molar-refractivity contribution in [3.8, 4) is 0 Å². The van der Waals surface area contributed by atoms with Crippen LogP contribution in [0.5, 0.6) is 0 Å². The van der Waals surface area contributed by atoms with Crippen molar-refractivity contribution in [2.75, 3.05) is 18.6 Å². The first-order chi connectivity index (χ1) is 15.5. The number of benzene rings is 2. The first kappa shape index (κ1) is 21.7. The summed E-state index contributed by atoms with van der Waals surface area (Å²) >= 11 is 1.53. The van der Waals surface area contributed by atoms with Crippen LogP contribution < -0.4 is 4.90 Å². The van der Waals surface area contributed by atoms with Gasteiger partial charge in [0.05, 0.1) is 29.2 Å². The van der Waals surface area contributed by atoms with Gasteiger partial charge in [-0.25, -0.2) is 14.8 Å². The zero-order chi connectivity index (χ0) is 22.7. The quantitative estimate of drug-likeness (QED) is 0.385. The van der Waals surface area contributed by atoms with Crippen molar-refractivity contribution in [1.82, 2.24) is 14.5 Å². The standard InChI is InChI=1S/C24H24N4O3S/c1-16-5-6-17(2)21-20(16)26-24(32-21)28(13-4-12-27-14-11-25-15-27)22(29)18-7-9-19(10-8-18)23(30)31-3/h5-11,14-15H,4,12-13H2,1-3H3. The molecule has 2 heterocycles. The second-order valence-electron chi connectivity index (χ2n) is 7.55. The SMILES string of the molecule is COC(=O)c1ccc(C(=O)N(CCCn2ccnc2)c2nc3c(C)ccc(C)c3s2)cc1. The third-order valence-electron chi connectivity index (χ3n) is 5.32. The minimum Gasteiger partial charge on any atom is -0.465 e. The van der Waals surface area contributed by atoms with Crippen molar-refractivity contribution in [3.63, 3.8) is 0 Å². The minimum absolute atomic E-state index is 0.151. The van der Waals surface area contributed by atoms with Gasteiger partial charge in [0, 0.05) is 31.0 Å². The highest BCUT2D eigenvalue weighted by Gasteiger charge is 2.22. The smallest absolute Gasteiger partial charge is 0.337 e. The zero-order valence-electron chi connectivity index (χ0n) is 18.2. The number of aromatic nitrogens is 3. The van der Waals surface area contributed by atoms with Gasteiger partial charge in [0.25, 0.3) is 5.91 Å². The molecule has 32 heavy (non-hydrogen) atoms. The average molecular weight is 449 g/mol. The Labute approximate surface area is 190 Å². The highest BCUT2D eigenvalue weighted by atomic mass is 32.1. The fraction of sp³-hybridized carbons (Fsp3) is 0.250. The van der Waals surface area contributed by atoms with Gasteiger partial charge >= 0.3 is 5.97 Å². The van der Waals surface area contributed by atoms with Crippen molar-refractivity contribution in [1.29, 1.82) is 0 Å². The van der Waals surface area contributed by atoms with Gasteiger partial charge in [0.2, 0.25) is 0 Å². The molecule has 7 nitrogen and oxygen atoms in total. The molecular weight excluding hydrogens is 424 g/mol. The van der Waals surface area contributed by atoms with Crippen LogP contribution in [0.3, 0.4) is 0 Å². The van der Waals surface area contributed by atoms with Gasteiger partial charge in [-0.2, -0.15) is 0 Å². The van der Waals surface area contributed by atoms with E-state index in [1.165, 1.54) is 18.4 Å². The monoisotopic (exact) mass is 448 g/mol. The number of amides is 1. The minimum atomic E-state index is -0.432. The Balaban J connectivity index is 1.65. The maximum absolute atomic E-state index is 13.5. The number of nitrogens with zero attached hydrogens (tertiary/aromatic N) is 4. The molecule has 1 amide bonds. The van der Waals surface area contributed by atoms with Crippen molar-refractivity contribution in [2.24, 2.45) is 0 Å².